The minimum Gasteiger partial charge on any atom is -0.305 e. The summed E-state index contributed by atoms with van der Waals surface area (Å²) in [5.74, 6) is 0. The molecule has 23 heavy (non-hydrogen) atoms. The molecule has 136 valence electrons. The van der Waals surface area contributed by atoms with Crippen molar-refractivity contribution >= 4 is 0 Å². The largest absolute Gasteiger partial charge is 0.305 e. The van der Waals surface area contributed by atoms with Gasteiger partial charge in [0.1, 0.15) is 0 Å². The molecule has 0 N–H and O–H groups in total. The molecule has 0 spiro atoms. The van der Waals surface area contributed by atoms with Crippen molar-refractivity contribution in [3.8, 4) is 0 Å². The first kappa shape index (κ1) is 19.2. The van der Waals surface area contributed by atoms with E-state index in [2.05, 4.69) is 61.5 Å². The zero-order chi connectivity index (χ0) is 17.0. The summed E-state index contributed by atoms with van der Waals surface area (Å²) in [5.41, 5.74) is 0. The van der Waals surface area contributed by atoms with Crippen molar-refractivity contribution in [3.05, 3.63) is 0 Å². The maximum absolute atomic E-state index is 2.69. The van der Waals surface area contributed by atoms with Crippen LogP contribution in [0, 0.1) is 0 Å². The molecule has 0 amide bonds. The van der Waals surface area contributed by atoms with Crippen LogP contribution in [0.5, 0.6) is 0 Å². The van der Waals surface area contributed by atoms with Gasteiger partial charge in [-0.15, -0.1) is 0 Å². The highest BCUT2D eigenvalue weighted by Gasteiger charge is 2.28. The summed E-state index contributed by atoms with van der Waals surface area (Å²) in [7, 11) is 6.78. The summed E-state index contributed by atoms with van der Waals surface area (Å²) in [6.07, 6.45) is 5.33. The quantitative estimate of drug-likeness (QED) is 0.712. The molecule has 4 heteroatoms. The van der Waals surface area contributed by atoms with E-state index in [-0.39, 0.29) is 0 Å². The maximum Gasteiger partial charge on any atom is 0.0229 e. The highest BCUT2D eigenvalue weighted by molar-refractivity contribution is 4.85. The second-order valence-electron chi connectivity index (χ2n) is 8.38. The molecule has 2 atom stereocenters. The van der Waals surface area contributed by atoms with Gasteiger partial charge < -0.3 is 14.7 Å². The Bertz CT molecular complexity index is 336. The smallest absolute Gasteiger partial charge is 0.0229 e. The van der Waals surface area contributed by atoms with Crippen LogP contribution in [-0.2, 0) is 0 Å². The standard InChI is InChI=1S/C19H40N4/c1-16(2)22-12-8-18(9-13-22)21(6)11-7-17(3)23-14-10-19(15-23)20(4)5/h16-19H,7-15H2,1-6H3. The van der Waals surface area contributed by atoms with Crippen LogP contribution in [0.15, 0.2) is 0 Å². The fourth-order valence-electron chi connectivity index (χ4n) is 4.19. The number of rotatable bonds is 7. The fourth-order valence-corrected chi connectivity index (χ4v) is 4.19. The summed E-state index contributed by atoms with van der Waals surface area (Å²) in [6.45, 7) is 13.4. The van der Waals surface area contributed by atoms with Crippen LogP contribution in [0.3, 0.4) is 0 Å². The number of nitrogens with zero attached hydrogens (tertiary/aromatic N) is 4. The summed E-state index contributed by atoms with van der Waals surface area (Å²) in [6, 6.07) is 2.99. The molecule has 0 aliphatic carbocycles. The van der Waals surface area contributed by atoms with Crippen molar-refractivity contribution in [2.45, 2.75) is 70.6 Å². The summed E-state index contributed by atoms with van der Waals surface area (Å²) in [5, 5.41) is 0. The van der Waals surface area contributed by atoms with Gasteiger partial charge in [0.25, 0.3) is 0 Å². The predicted octanol–water partition coefficient (Wildman–Crippen LogP) is 2.21. The van der Waals surface area contributed by atoms with Crippen molar-refractivity contribution < 1.29 is 0 Å². The van der Waals surface area contributed by atoms with Crippen LogP contribution >= 0.6 is 0 Å². The first-order valence-corrected chi connectivity index (χ1v) is 9.73. The molecule has 0 aromatic carbocycles. The lowest BCUT2D eigenvalue weighted by Gasteiger charge is -2.39. The fraction of sp³-hybridized carbons (Fsp3) is 1.00. The second kappa shape index (κ2) is 8.80. The lowest BCUT2D eigenvalue weighted by molar-refractivity contribution is 0.101. The first-order chi connectivity index (χ1) is 10.9. The molecule has 0 radical (unpaired) electrons. The minimum atomic E-state index is 0.709. The van der Waals surface area contributed by atoms with Crippen molar-refractivity contribution in [1.29, 1.82) is 0 Å². The molecule has 0 aromatic rings. The van der Waals surface area contributed by atoms with Gasteiger partial charge in [0, 0.05) is 37.3 Å². The zero-order valence-corrected chi connectivity index (χ0v) is 16.5. The average Bonchev–Trinajstić information content (AvgIpc) is 3.02. The Kier molecular flexibility index (Phi) is 7.33. The molecule has 0 aromatic heterocycles. The molecule has 2 rings (SSSR count). The van der Waals surface area contributed by atoms with E-state index < -0.39 is 0 Å². The molecule has 0 saturated carbocycles. The molecule has 2 aliphatic heterocycles. The van der Waals surface area contributed by atoms with Crippen molar-refractivity contribution in [3.63, 3.8) is 0 Å². The summed E-state index contributed by atoms with van der Waals surface area (Å²) in [4.78, 5) is 10.3. The Hall–Kier alpha value is -0.160. The lowest BCUT2D eigenvalue weighted by atomic mass is 10.0. The van der Waals surface area contributed by atoms with Gasteiger partial charge in [-0.25, -0.2) is 0 Å². The first-order valence-electron chi connectivity index (χ1n) is 9.73. The van der Waals surface area contributed by atoms with Crippen LogP contribution < -0.4 is 0 Å². The number of hydrogen-bond acceptors (Lipinski definition) is 4. The normalized spacial score (nSPS) is 26.7. The van der Waals surface area contributed by atoms with E-state index in [4.69, 9.17) is 0 Å². The van der Waals surface area contributed by atoms with E-state index in [9.17, 15) is 0 Å². The van der Waals surface area contributed by atoms with Gasteiger partial charge in [0.05, 0.1) is 0 Å². The van der Waals surface area contributed by atoms with Crippen molar-refractivity contribution in [2.75, 3.05) is 53.9 Å². The number of piperidine rings is 1. The molecular weight excluding hydrogens is 284 g/mol. The Morgan fingerprint density at radius 2 is 1.43 bits per heavy atom. The van der Waals surface area contributed by atoms with E-state index in [0.29, 0.717) is 6.04 Å². The van der Waals surface area contributed by atoms with Gasteiger partial charge in [-0.1, -0.05) is 0 Å². The second-order valence-corrected chi connectivity index (χ2v) is 8.38. The van der Waals surface area contributed by atoms with Gasteiger partial charge in [0.2, 0.25) is 0 Å². The van der Waals surface area contributed by atoms with Gasteiger partial charge in [-0.3, -0.25) is 4.90 Å². The molecule has 2 heterocycles. The van der Waals surface area contributed by atoms with Crippen molar-refractivity contribution in [1.82, 2.24) is 19.6 Å². The third-order valence-corrected chi connectivity index (χ3v) is 6.30. The Morgan fingerprint density at radius 1 is 0.870 bits per heavy atom. The van der Waals surface area contributed by atoms with Crippen LogP contribution in [0.1, 0.15) is 46.5 Å². The number of likely N-dealkylation sites (N-methyl/N-ethyl adjacent to an activating group) is 1. The van der Waals surface area contributed by atoms with E-state index in [1.165, 1.54) is 58.4 Å². The minimum absolute atomic E-state index is 0.709. The van der Waals surface area contributed by atoms with E-state index in [0.717, 1.165) is 18.1 Å². The molecule has 2 fully saturated rings. The highest BCUT2D eigenvalue weighted by atomic mass is 15.3. The highest BCUT2D eigenvalue weighted by Crippen LogP contribution is 2.20. The van der Waals surface area contributed by atoms with Gasteiger partial charge >= 0.3 is 0 Å². The Labute approximate surface area is 144 Å². The molecular formula is C19H40N4. The van der Waals surface area contributed by atoms with Gasteiger partial charge in [0.15, 0.2) is 0 Å². The molecule has 2 saturated heterocycles. The summed E-state index contributed by atoms with van der Waals surface area (Å²) >= 11 is 0. The van der Waals surface area contributed by atoms with E-state index in [1.54, 1.807) is 0 Å². The Morgan fingerprint density at radius 3 is 1.96 bits per heavy atom. The lowest BCUT2D eigenvalue weighted by Crippen LogP contribution is -2.46. The van der Waals surface area contributed by atoms with E-state index >= 15 is 0 Å². The predicted molar refractivity (Wildman–Crippen MR) is 100 cm³/mol. The van der Waals surface area contributed by atoms with Crippen molar-refractivity contribution in [2.24, 2.45) is 0 Å². The van der Waals surface area contributed by atoms with Crippen LogP contribution in [0.4, 0.5) is 0 Å². The molecule has 4 nitrogen and oxygen atoms in total. The van der Waals surface area contributed by atoms with Crippen LogP contribution in [0.25, 0.3) is 0 Å². The van der Waals surface area contributed by atoms with E-state index in [1.807, 2.05) is 0 Å². The van der Waals surface area contributed by atoms with Gasteiger partial charge in [-0.05, 0) is 87.2 Å². The average molecular weight is 325 g/mol. The third-order valence-electron chi connectivity index (χ3n) is 6.30. The third kappa shape index (κ3) is 5.42. The SMILES string of the molecule is CC(C)N1CCC(N(C)CCC(C)N2CCC(N(C)C)C2)CC1. The molecule has 2 unspecified atom stereocenters. The maximum atomic E-state index is 2.69. The summed E-state index contributed by atoms with van der Waals surface area (Å²) < 4.78 is 0. The van der Waals surface area contributed by atoms with Gasteiger partial charge in [-0.2, -0.15) is 0 Å². The molecule has 0 bridgehead atoms. The monoisotopic (exact) mass is 324 g/mol. The Balaban J connectivity index is 1.67. The van der Waals surface area contributed by atoms with Crippen LogP contribution in [-0.4, -0.2) is 97.6 Å². The number of hydrogen-bond donors (Lipinski definition) is 0. The topological polar surface area (TPSA) is 13.0 Å². The molecule has 2 aliphatic rings. The van der Waals surface area contributed by atoms with Crippen LogP contribution in [0.2, 0.25) is 0 Å². The zero-order valence-electron chi connectivity index (χ0n) is 16.5. The number of likely N-dealkylation sites (tertiary alicyclic amines) is 2.